The van der Waals surface area contributed by atoms with Crippen molar-refractivity contribution < 1.29 is 17.9 Å². The number of ether oxygens (including phenoxy) is 2. The van der Waals surface area contributed by atoms with E-state index in [1.807, 2.05) is 18.2 Å². The standard InChI is InChI=1S/C14H19NO4S/c1-14(5-7-20(16,17)8-6-14)15-10-19-13-4-3-11(18-2)9-12(13)15/h3-4,9H,5-8,10H2,1-2H3. The van der Waals surface area contributed by atoms with E-state index >= 15 is 0 Å². The first-order chi connectivity index (χ1) is 9.43. The van der Waals surface area contributed by atoms with Crippen LogP contribution in [0.15, 0.2) is 18.2 Å². The van der Waals surface area contributed by atoms with Crippen molar-refractivity contribution in [1.82, 2.24) is 0 Å². The molecule has 0 spiro atoms. The Morgan fingerprint density at radius 2 is 2.00 bits per heavy atom. The van der Waals surface area contributed by atoms with Gasteiger partial charge in [0.1, 0.15) is 21.3 Å². The molecule has 2 aliphatic heterocycles. The number of nitrogens with zero attached hydrogens (tertiary/aromatic N) is 1. The average Bonchev–Trinajstić information content (AvgIpc) is 2.86. The Kier molecular flexibility index (Phi) is 3.08. The molecule has 0 N–H and O–H groups in total. The van der Waals surface area contributed by atoms with Gasteiger partial charge in [0.25, 0.3) is 0 Å². The second-order valence-corrected chi connectivity index (χ2v) is 7.99. The van der Waals surface area contributed by atoms with Gasteiger partial charge in [0, 0.05) is 11.6 Å². The Morgan fingerprint density at radius 1 is 1.30 bits per heavy atom. The molecule has 2 aliphatic rings. The van der Waals surface area contributed by atoms with Crippen LogP contribution in [0.1, 0.15) is 19.8 Å². The third-order valence-electron chi connectivity index (χ3n) is 4.36. The van der Waals surface area contributed by atoms with Crippen LogP contribution in [0.4, 0.5) is 5.69 Å². The number of fused-ring (bicyclic) bond motifs is 1. The van der Waals surface area contributed by atoms with Crippen molar-refractivity contribution in [2.45, 2.75) is 25.3 Å². The predicted molar refractivity (Wildman–Crippen MR) is 77.3 cm³/mol. The highest BCUT2D eigenvalue weighted by Crippen LogP contribution is 2.43. The number of anilines is 1. The fraction of sp³-hybridized carbons (Fsp3) is 0.571. The average molecular weight is 297 g/mol. The molecule has 2 heterocycles. The molecule has 3 rings (SSSR count). The largest absolute Gasteiger partial charge is 0.497 e. The monoisotopic (exact) mass is 297 g/mol. The van der Waals surface area contributed by atoms with Crippen molar-refractivity contribution in [3.63, 3.8) is 0 Å². The number of methoxy groups -OCH3 is 1. The molecule has 0 amide bonds. The normalized spacial score (nSPS) is 23.0. The summed E-state index contributed by atoms with van der Waals surface area (Å²) in [6.45, 7) is 2.58. The first kappa shape index (κ1) is 13.5. The molecule has 20 heavy (non-hydrogen) atoms. The topological polar surface area (TPSA) is 55.8 Å². The summed E-state index contributed by atoms with van der Waals surface area (Å²) in [5.74, 6) is 2.12. The first-order valence-corrected chi connectivity index (χ1v) is 8.55. The van der Waals surface area contributed by atoms with Gasteiger partial charge < -0.3 is 14.4 Å². The minimum absolute atomic E-state index is 0.178. The Bertz CT molecular complexity index is 612. The zero-order chi connectivity index (χ0) is 14.4. The molecular formula is C14H19NO4S. The molecule has 0 aromatic heterocycles. The van der Waals surface area contributed by atoms with Gasteiger partial charge in [-0.15, -0.1) is 0 Å². The Hall–Kier alpha value is -1.43. The van der Waals surface area contributed by atoms with E-state index in [9.17, 15) is 8.42 Å². The molecule has 5 nitrogen and oxygen atoms in total. The number of hydrogen-bond acceptors (Lipinski definition) is 5. The summed E-state index contributed by atoms with van der Waals surface area (Å²) in [5, 5.41) is 0. The van der Waals surface area contributed by atoms with E-state index in [0.717, 1.165) is 17.2 Å². The summed E-state index contributed by atoms with van der Waals surface area (Å²) < 4.78 is 34.2. The highest BCUT2D eigenvalue weighted by atomic mass is 32.2. The molecule has 1 saturated heterocycles. The zero-order valence-corrected chi connectivity index (χ0v) is 12.6. The van der Waals surface area contributed by atoms with Crippen molar-refractivity contribution >= 4 is 15.5 Å². The third kappa shape index (κ3) is 2.22. The molecule has 6 heteroatoms. The van der Waals surface area contributed by atoms with Crippen LogP contribution in [-0.4, -0.2) is 39.3 Å². The fourth-order valence-corrected chi connectivity index (χ4v) is 4.56. The van der Waals surface area contributed by atoms with Gasteiger partial charge in [0.2, 0.25) is 0 Å². The van der Waals surface area contributed by atoms with E-state index in [1.54, 1.807) is 7.11 Å². The predicted octanol–water partition coefficient (Wildman–Crippen LogP) is 1.82. The number of sulfone groups is 1. The number of benzene rings is 1. The van der Waals surface area contributed by atoms with Crippen LogP contribution in [-0.2, 0) is 9.84 Å². The van der Waals surface area contributed by atoms with E-state index in [4.69, 9.17) is 9.47 Å². The summed E-state index contributed by atoms with van der Waals surface area (Å²) in [5.41, 5.74) is 0.814. The lowest BCUT2D eigenvalue weighted by atomic mass is 9.92. The summed E-state index contributed by atoms with van der Waals surface area (Å²) in [7, 11) is -1.23. The van der Waals surface area contributed by atoms with Crippen LogP contribution in [0.25, 0.3) is 0 Å². The smallest absolute Gasteiger partial charge is 0.162 e. The summed E-state index contributed by atoms with van der Waals surface area (Å²) in [6, 6.07) is 5.73. The van der Waals surface area contributed by atoms with Crippen LogP contribution in [0.5, 0.6) is 11.5 Å². The van der Waals surface area contributed by atoms with Crippen molar-refractivity contribution in [3.05, 3.63) is 18.2 Å². The van der Waals surface area contributed by atoms with Crippen LogP contribution >= 0.6 is 0 Å². The lowest BCUT2D eigenvalue weighted by Gasteiger charge is -2.41. The molecular weight excluding hydrogens is 278 g/mol. The van der Waals surface area contributed by atoms with Crippen molar-refractivity contribution in [2.24, 2.45) is 0 Å². The molecule has 0 bridgehead atoms. The van der Waals surface area contributed by atoms with Crippen LogP contribution < -0.4 is 14.4 Å². The van der Waals surface area contributed by atoms with Gasteiger partial charge >= 0.3 is 0 Å². The lowest BCUT2D eigenvalue weighted by molar-refractivity contribution is 0.287. The van der Waals surface area contributed by atoms with Crippen LogP contribution in [0.2, 0.25) is 0 Å². The molecule has 1 fully saturated rings. The summed E-state index contributed by atoms with van der Waals surface area (Å²) in [6.07, 6.45) is 1.27. The molecule has 0 radical (unpaired) electrons. The van der Waals surface area contributed by atoms with Gasteiger partial charge in [0.15, 0.2) is 6.73 Å². The van der Waals surface area contributed by atoms with Crippen LogP contribution in [0.3, 0.4) is 0 Å². The van der Waals surface area contributed by atoms with Gasteiger partial charge in [-0.25, -0.2) is 8.42 Å². The Labute approximate surface area is 119 Å². The maximum absolute atomic E-state index is 11.6. The second kappa shape index (κ2) is 4.55. The maximum Gasteiger partial charge on any atom is 0.162 e. The maximum atomic E-state index is 11.6. The van der Waals surface area contributed by atoms with Crippen molar-refractivity contribution in [3.8, 4) is 11.5 Å². The molecule has 0 unspecified atom stereocenters. The van der Waals surface area contributed by atoms with Gasteiger partial charge in [0.05, 0.1) is 24.3 Å². The molecule has 1 aromatic carbocycles. The first-order valence-electron chi connectivity index (χ1n) is 6.72. The van der Waals surface area contributed by atoms with Crippen molar-refractivity contribution in [2.75, 3.05) is 30.2 Å². The van der Waals surface area contributed by atoms with Gasteiger partial charge in [-0.1, -0.05) is 0 Å². The summed E-state index contributed by atoms with van der Waals surface area (Å²) in [4.78, 5) is 2.17. The zero-order valence-electron chi connectivity index (χ0n) is 11.8. The van der Waals surface area contributed by atoms with Crippen LogP contribution in [0, 0.1) is 0 Å². The third-order valence-corrected chi connectivity index (χ3v) is 6.01. The number of rotatable bonds is 2. The van der Waals surface area contributed by atoms with E-state index in [-0.39, 0.29) is 17.0 Å². The Morgan fingerprint density at radius 3 is 2.65 bits per heavy atom. The lowest BCUT2D eigenvalue weighted by Crippen LogP contribution is -2.51. The van der Waals surface area contributed by atoms with Crippen molar-refractivity contribution in [1.29, 1.82) is 0 Å². The SMILES string of the molecule is COc1ccc2c(c1)N(C1(C)CCS(=O)(=O)CC1)CO2. The molecule has 110 valence electrons. The molecule has 1 aromatic rings. The quantitative estimate of drug-likeness (QED) is 0.833. The minimum atomic E-state index is -2.87. The summed E-state index contributed by atoms with van der Waals surface area (Å²) >= 11 is 0. The van der Waals surface area contributed by atoms with E-state index < -0.39 is 9.84 Å². The van der Waals surface area contributed by atoms with E-state index in [2.05, 4.69) is 11.8 Å². The Balaban J connectivity index is 1.90. The molecule has 0 aliphatic carbocycles. The minimum Gasteiger partial charge on any atom is -0.497 e. The van der Waals surface area contributed by atoms with Gasteiger partial charge in [-0.3, -0.25) is 0 Å². The highest BCUT2D eigenvalue weighted by Gasteiger charge is 2.41. The highest BCUT2D eigenvalue weighted by molar-refractivity contribution is 7.91. The molecule has 0 atom stereocenters. The van der Waals surface area contributed by atoms with E-state index in [0.29, 0.717) is 19.6 Å². The fourth-order valence-electron chi connectivity index (χ4n) is 2.86. The van der Waals surface area contributed by atoms with Gasteiger partial charge in [-0.2, -0.15) is 0 Å². The van der Waals surface area contributed by atoms with Gasteiger partial charge in [-0.05, 0) is 31.9 Å². The molecule has 0 saturated carbocycles. The van der Waals surface area contributed by atoms with E-state index in [1.165, 1.54) is 0 Å². The second-order valence-electron chi connectivity index (χ2n) is 5.68. The number of hydrogen-bond donors (Lipinski definition) is 0.